The number of nitrogens with zero attached hydrogens (tertiary/aromatic N) is 2. The smallest absolute Gasteiger partial charge is 0.337 e. The molecule has 2 heterocycles. The number of ether oxygens (including phenoxy) is 2. The van der Waals surface area contributed by atoms with Crippen LogP contribution in [0.1, 0.15) is 16.1 Å². The van der Waals surface area contributed by atoms with Crippen LogP contribution in [0.4, 0.5) is 0 Å². The number of thioether (sulfide) groups is 1. The first-order chi connectivity index (χ1) is 16.7. The van der Waals surface area contributed by atoms with Gasteiger partial charge in [-0.1, -0.05) is 48.2 Å². The maximum absolute atomic E-state index is 11.8. The van der Waals surface area contributed by atoms with Gasteiger partial charge in [-0.25, -0.2) is 9.78 Å². The molecule has 34 heavy (non-hydrogen) atoms. The molecule has 0 aliphatic rings. The SMILES string of the molecule is COC(=O)c1cccc(-c2ccc(Oc3ccnc(CSc4nc5ccccc5[nH]4)c3)cc2)c1. The van der Waals surface area contributed by atoms with Crippen LogP contribution in [0, 0.1) is 0 Å². The third-order valence-corrected chi connectivity index (χ3v) is 6.13. The van der Waals surface area contributed by atoms with E-state index in [-0.39, 0.29) is 5.97 Å². The van der Waals surface area contributed by atoms with Crippen molar-refractivity contribution in [2.45, 2.75) is 10.9 Å². The molecule has 3 aromatic carbocycles. The van der Waals surface area contributed by atoms with Crippen molar-refractivity contribution in [3.63, 3.8) is 0 Å². The van der Waals surface area contributed by atoms with Crippen LogP contribution < -0.4 is 4.74 Å². The molecule has 0 aliphatic heterocycles. The standard InChI is InChI=1S/C27H21N3O3S/c1-32-26(31)20-6-4-5-19(15-20)18-9-11-22(12-10-18)33-23-13-14-28-21(16-23)17-34-27-29-24-7-2-3-8-25(24)30-27/h2-16H,17H2,1H3,(H,29,30). The lowest BCUT2D eigenvalue weighted by Gasteiger charge is -2.09. The van der Waals surface area contributed by atoms with Crippen LogP contribution in [0.2, 0.25) is 0 Å². The third-order valence-electron chi connectivity index (χ3n) is 5.22. The van der Waals surface area contributed by atoms with Crippen molar-refractivity contribution in [2.75, 3.05) is 7.11 Å². The number of carbonyl (C=O) groups is 1. The zero-order valence-electron chi connectivity index (χ0n) is 18.4. The Morgan fingerprint density at radius 2 is 1.76 bits per heavy atom. The van der Waals surface area contributed by atoms with Gasteiger partial charge in [-0.15, -0.1) is 0 Å². The van der Waals surface area contributed by atoms with Crippen molar-refractivity contribution in [1.29, 1.82) is 0 Å². The molecule has 0 saturated heterocycles. The molecule has 0 aliphatic carbocycles. The number of imidazole rings is 1. The van der Waals surface area contributed by atoms with Gasteiger partial charge in [0, 0.05) is 18.0 Å². The molecule has 0 unspecified atom stereocenters. The molecule has 0 fully saturated rings. The molecule has 0 atom stereocenters. The maximum Gasteiger partial charge on any atom is 0.337 e. The van der Waals surface area contributed by atoms with Crippen LogP contribution in [-0.2, 0) is 10.5 Å². The second-order valence-electron chi connectivity index (χ2n) is 7.53. The van der Waals surface area contributed by atoms with Crippen molar-refractivity contribution in [3.8, 4) is 22.6 Å². The maximum atomic E-state index is 11.8. The second kappa shape index (κ2) is 9.80. The van der Waals surface area contributed by atoms with Gasteiger partial charge in [-0.05, 0) is 53.6 Å². The molecule has 5 aromatic rings. The number of hydrogen-bond donors (Lipinski definition) is 1. The monoisotopic (exact) mass is 467 g/mol. The van der Waals surface area contributed by atoms with Crippen LogP contribution in [0.5, 0.6) is 11.5 Å². The number of benzene rings is 3. The van der Waals surface area contributed by atoms with E-state index in [1.165, 1.54) is 7.11 Å². The zero-order chi connectivity index (χ0) is 23.3. The summed E-state index contributed by atoms with van der Waals surface area (Å²) in [6.07, 6.45) is 1.75. The number of methoxy groups -OCH3 is 1. The van der Waals surface area contributed by atoms with E-state index in [1.54, 1.807) is 24.0 Å². The van der Waals surface area contributed by atoms with E-state index in [0.717, 1.165) is 44.5 Å². The summed E-state index contributed by atoms with van der Waals surface area (Å²) in [5.41, 5.74) is 5.31. The first kappa shape index (κ1) is 21.7. The van der Waals surface area contributed by atoms with Crippen molar-refractivity contribution in [3.05, 3.63) is 102 Å². The number of pyridine rings is 1. The Labute approximate surface area is 201 Å². The number of rotatable bonds is 7. The molecule has 7 heteroatoms. The van der Waals surface area contributed by atoms with Gasteiger partial charge in [0.15, 0.2) is 5.16 Å². The van der Waals surface area contributed by atoms with Gasteiger partial charge in [0.25, 0.3) is 0 Å². The molecule has 0 spiro atoms. The predicted molar refractivity (Wildman–Crippen MR) is 133 cm³/mol. The molecular weight excluding hydrogens is 446 g/mol. The van der Waals surface area contributed by atoms with Gasteiger partial charge < -0.3 is 14.5 Å². The lowest BCUT2D eigenvalue weighted by Crippen LogP contribution is -2.00. The van der Waals surface area contributed by atoms with Gasteiger partial charge in [-0.3, -0.25) is 4.98 Å². The fourth-order valence-corrected chi connectivity index (χ4v) is 4.32. The summed E-state index contributed by atoms with van der Waals surface area (Å²) in [5, 5.41) is 0.862. The fourth-order valence-electron chi connectivity index (χ4n) is 3.53. The largest absolute Gasteiger partial charge is 0.465 e. The average Bonchev–Trinajstić information content (AvgIpc) is 3.31. The van der Waals surface area contributed by atoms with Gasteiger partial charge >= 0.3 is 5.97 Å². The summed E-state index contributed by atoms with van der Waals surface area (Å²) >= 11 is 1.60. The predicted octanol–water partition coefficient (Wildman–Crippen LogP) is 6.50. The number of fused-ring (bicyclic) bond motifs is 1. The van der Waals surface area contributed by atoms with Crippen LogP contribution >= 0.6 is 11.8 Å². The van der Waals surface area contributed by atoms with Gasteiger partial charge in [0.1, 0.15) is 11.5 Å². The average molecular weight is 468 g/mol. The van der Waals surface area contributed by atoms with Gasteiger partial charge in [0.05, 0.1) is 29.4 Å². The van der Waals surface area contributed by atoms with Gasteiger partial charge in [0.2, 0.25) is 0 Å². The van der Waals surface area contributed by atoms with E-state index in [2.05, 4.69) is 15.0 Å². The lowest BCUT2D eigenvalue weighted by atomic mass is 10.0. The molecule has 0 saturated carbocycles. The van der Waals surface area contributed by atoms with E-state index < -0.39 is 0 Å². The number of nitrogens with one attached hydrogen (secondary N) is 1. The Balaban J connectivity index is 1.25. The van der Waals surface area contributed by atoms with Crippen molar-refractivity contribution in [2.24, 2.45) is 0 Å². The number of para-hydroxylation sites is 2. The van der Waals surface area contributed by atoms with E-state index in [9.17, 15) is 4.79 Å². The van der Waals surface area contributed by atoms with E-state index >= 15 is 0 Å². The minimum atomic E-state index is -0.353. The fraction of sp³-hybridized carbons (Fsp3) is 0.0741. The van der Waals surface area contributed by atoms with Crippen molar-refractivity contribution < 1.29 is 14.3 Å². The minimum absolute atomic E-state index is 0.353. The molecule has 0 radical (unpaired) electrons. The normalized spacial score (nSPS) is 10.9. The molecule has 2 aromatic heterocycles. The minimum Gasteiger partial charge on any atom is -0.465 e. The van der Waals surface area contributed by atoms with Crippen LogP contribution in [0.25, 0.3) is 22.2 Å². The van der Waals surface area contributed by atoms with E-state index in [1.807, 2.05) is 78.9 Å². The molecule has 168 valence electrons. The highest BCUT2D eigenvalue weighted by atomic mass is 32.2. The van der Waals surface area contributed by atoms with E-state index in [0.29, 0.717) is 11.3 Å². The number of esters is 1. The summed E-state index contributed by atoms with van der Waals surface area (Å²) in [5.74, 6) is 1.76. The summed E-state index contributed by atoms with van der Waals surface area (Å²) in [4.78, 5) is 24.2. The number of H-pyrrole nitrogens is 1. The van der Waals surface area contributed by atoms with Crippen molar-refractivity contribution in [1.82, 2.24) is 15.0 Å². The number of hydrogen-bond acceptors (Lipinski definition) is 6. The van der Waals surface area contributed by atoms with Crippen LogP contribution in [-0.4, -0.2) is 28.0 Å². The summed E-state index contributed by atoms with van der Waals surface area (Å²) in [7, 11) is 1.38. The molecule has 1 N–H and O–H groups in total. The third kappa shape index (κ3) is 4.94. The van der Waals surface area contributed by atoms with Crippen LogP contribution in [0.15, 0.2) is 96.3 Å². The first-order valence-electron chi connectivity index (χ1n) is 10.7. The molecular formula is C27H21N3O3S. The summed E-state index contributed by atoms with van der Waals surface area (Å²) < 4.78 is 10.9. The summed E-state index contributed by atoms with van der Waals surface area (Å²) in [6, 6.07) is 26.8. The van der Waals surface area contributed by atoms with Crippen LogP contribution in [0.3, 0.4) is 0 Å². The van der Waals surface area contributed by atoms with Gasteiger partial charge in [-0.2, -0.15) is 0 Å². The Kier molecular flexibility index (Phi) is 6.27. The Hall–Kier alpha value is -4.10. The Morgan fingerprint density at radius 1 is 0.912 bits per heavy atom. The van der Waals surface area contributed by atoms with Crippen molar-refractivity contribution >= 4 is 28.8 Å². The molecule has 5 rings (SSSR count). The number of aromatic amines is 1. The lowest BCUT2D eigenvalue weighted by molar-refractivity contribution is 0.0601. The summed E-state index contributed by atoms with van der Waals surface area (Å²) in [6.45, 7) is 0. The molecule has 6 nitrogen and oxygen atoms in total. The molecule has 0 bridgehead atoms. The Morgan fingerprint density at radius 3 is 2.59 bits per heavy atom. The highest BCUT2D eigenvalue weighted by Crippen LogP contribution is 2.28. The van der Waals surface area contributed by atoms with E-state index in [4.69, 9.17) is 9.47 Å². The first-order valence-corrected chi connectivity index (χ1v) is 11.7. The Bertz CT molecular complexity index is 1410. The topological polar surface area (TPSA) is 77.1 Å². The highest BCUT2D eigenvalue weighted by molar-refractivity contribution is 7.98. The number of carbonyl (C=O) groups excluding carboxylic acids is 1. The number of aromatic nitrogens is 3. The quantitative estimate of drug-likeness (QED) is 0.218. The molecule has 0 amide bonds. The zero-order valence-corrected chi connectivity index (χ0v) is 19.2. The second-order valence-corrected chi connectivity index (χ2v) is 8.49. The highest BCUT2D eigenvalue weighted by Gasteiger charge is 2.08.